The number of carbonyl (C=O) groups excluding carboxylic acids is 1. The number of carbonyl (C=O) groups is 2. The molecule has 1 aromatic heterocycles. The first-order valence-corrected chi connectivity index (χ1v) is 6.53. The molecule has 0 aliphatic carbocycles. The summed E-state index contributed by atoms with van der Waals surface area (Å²) in [6, 6.07) is 1.85. The lowest BCUT2D eigenvalue weighted by atomic mass is 10.2. The zero-order valence-electron chi connectivity index (χ0n) is 8.80. The van der Waals surface area contributed by atoms with Gasteiger partial charge in [-0.25, -0.2) is 0 Å². The van der Waals surface area contributed by atoms with E-state index in [9.17, 15) is 9.59 Å². The highest BCUT2D eigenvalue weighted by atomic mass is 32.2. The maximum atomic E-state index is 10.6. The highest BCUT2D eigenvalue weighted by molar-refractivity contribution is 8.13. The van der Waals surface area contributed by atoms with Crippen molar-refractivity contribution in [1.82, 2.24) is 0 Å². The zero-order chi connectivity index (χ0) is 12.0. The lowest BCUT2D eigenvalue weighted by Crippen LogP contribution is -1.97. The van der Waals surface area contributed by atoms with Crippen molar-refractivity contribution in [3.8, 4) is 0 Å². The SMILES string of the molecule is CC(=O)SCC=Cc1csc(CC(=O)O)c1. The van der Waals surface area contributed by atoms with Crippen molar-refractivity contribution >= 4 is 40.3 Å². The second-order valence-electron chi connectivity index (χ2n) is 3.12. The Morgan fingerprint density at radius 2 is 2.31 bits per heavy atom. The van der Waals surface area contributed by atoms with Crippen molar-refractivity contribution in [3.05, 3.63) is 28.0 Å². The van der Waals surface area contributed by atoms with E-state index in [1.165, 1.54) is 30.0 Å². The van der Waals surface area contributed by atoms with Gasteiger partial charge in [0.05, 0.1) is 6.42 Å². The van der Waals surface area contributed by atoms with Crippen molar-refractivity contribution < 1.29 is 14.7 Å². The van der Waals surface area contributed by atoms with Gasteiger partial charge in [0, 0.05) is 17.6 Å². The molecule has 0 spiro atoms. The summed E-state index contributed by atoms with van der Waals surface area (Å²) in [6.07, 6.45) is 3.87. The topological polar surface area (TPSA) is 54.4 Å². The fourth-order valence-electron chi connectivity index (χ4n) is 1.08. The number of carboxylic acid groups (broad SMARTS) is 1. The molecule has 1 N–H and O–H groups in total. The van der Waals surface area contributed by atoms with Crippen LogP contribution in [0, 0.1) is 0 Å². The van der Waals surface area contributed by atoms with E-state index in [1.54, 1.807) is 0 Å². The molecule has 1 rings (SSSR count). The summed E-state index contributed by atoms with van der Waals surface area (Å²) >= 11 is 2.69. The standard InChI is InChI=1S/C11H12O3S2/c1-8(12)15-4-2-3-9-5-10(16-7-9)6-11(13)14/h2-3,5,7H,4,6H2,1H3,(H,13,14). The Balaban J connectivity index is 2.45. The first kappa shape index (κ1) is 13.0. The van der Waals surface area contributed by atoms with Gasteiger partial charge in [-0.15, -0.1) is 11.3 Å². The Morgan fingerprint density at radius 3 is 2.94 bits per heavy atom. The minimum absolute atomic E-state index is 0.0701. The van der Waals surface area contributed by atoms with Crippen molar-refractivity contribution in [2.75, 3.05) is 5.75 Å². The van der Waals surface area contributed by atoms with Crippen molar-refractivity contribution in [2.45, 2.75) is 13.3 Å². The molecular formula is C11H12O3S2. The van der Waals surface area contributed by atoms with Gasteiger partial charge in [0.15, 0.2) is 5.12 Å². The summed E-state index contributed by atoms with van der Waals surface area (Å²) in [5.41, 5.74) is 0.991. The summed E-state index contributed by atoms with van der Waals surface area (Å²) < 4.78 is 0. The Kier molecular flexibility index (Phi) is 5.28. The van der Waals surface area contributed by atoms with E-state index in [2.05, 4.69) is 0 Å². The van der Waals surface area contributed by atoms with Gasteiger partial charge in [-0.2, -0.15) is 0 Å². The van der Waals surface area contributed by atoms with Crippen LogP contribution in [0.25, 0.3) is 6.08 Å². The number of rotatable bonds is 5. The highest BCUT2D eigenvalue weighted by Gasteiger charge is 2.02. The van der Waals surface area contributed by atoms with E-state index in [0.29, 0.717) is 5.75 Å². The van der Waals surface area contributed by atoms with Crippen LogP contribution in [-0.2, 0) is 16.0 Å². The van der Waals surface area contributed by atoms with E-state index in [1.807, 2.05) is 23.6 Å². The second kappa shape index (κ2) is 6.50. The summed E-state index contributed by atoms with van der Waals surface area (Å²) in [4.78, 5) is 21.9. The van der Waals surface area contributed by atoms with E-state index in [4.69, 9.17) is 5.11 Å². The quantitative estimate of drug-likeness (QED) is 0.880. The first-order valence-electron chi connectivity index (χ1n) is 4.67. The second-order valence-corrected chi connectivity index (χ2v) is 5.31. The van der Waals surface area contributed by atoms with Crippen LogP contribution in [0.5, 0.6) is 0 Å². The average Bonchev–Trinajstić information content (AvgIpc) is 2.59. The lowest BCUT2D eigenvalue weighted by Gasteiger charge is -1.88. The van der Waals surface area contributed by atoms with Crippen molar-refractivity contribution in [3.63, 3.8) is 0 Å². The third-order valence-corrected chi connectivity index (χ3v) is 3.41. The minimum Gasteiger partial charge on any atom is -0.481 e. The number of carboxylic acids is 1. The molecule has 0 unspecified atom stereocenters. The molecule has 3 nitrogen and oxygen atoms in total. The van der Waals surface area contributed by atoms with Gasteiger partial charge >= 0.3 is 5.97 Å². The van der Waals surface area contributed by atoms with Crippen molar-refractivity contribution in [1.29, 1.82) is 0 Å². The summed E-state index contributed by atoms with van der Waals surface area (Å²) in [5, 5.41) is 10.6. The molecule has 0 saturated carbocycles. The Hall–Kier alpha value is -1.07. The van der Waals surface area contributed by atoms with Gasteiger partial charge in [0.1, 0.15) is 0 Å². The molecule has 16 heavy (non-hydrogen) atoms. The van der Waals surface area contributed by atoms with E-state index in [0.717, 1.165) is 10.4 Å². The van der Waals surface area contributed by atoms with Crippen LogP contribution in [0.3, 0.4) is 0 Å². The van der Waals surface area contributed by atoms with Gasteiger partial charge in [0.2, 0.25) is 0 Å². The number of thioether (sulfide) groups is 1. The molecule has 5 heteroatoms. The van der Waals surface area contributed by atoms with Gasteiger partial charge in [-0.3, -0.25) is 9.59 Å². The molecule has 0 radical (unpaired) electrons. The van der Waals surface area contributed by atoms with Crippen LogP contribution >= 0.6 is 23.1 Å². The molecule has 0 aliphatic heterocycles. The Morgan fingerprint density at radius 1 is 1.56 bits per heavy atom. The fourth-order valence-corrected chi connectivity index (χ4v) is 2.35. The van der Waals surface area contributed by atoms with Crippen LogP contribution in [0.15, 0.2) is 17.5 Å². The highest BCUT2D eigenvalue weighted by Crippen LogP contribution is 2.17. The van der Waals surface area contributed by atoms with Gasteiger partial charge < -0.3 is 5.11 Å². The molecule has 1 aromatic rings. The fraction of sp³-hybridized carbons (Fsp3) is 0.273. The average molecular weight is 256 g/mol. The number of aliphatic carboxylic acids is 1. The van der Waals surface area contributed by atoms with E-state index in [-0.39, 0.29) is 11.5 Å². The summed E-state index contributed by atoms with van der Waals surface area (Å²) in [7, 11) is 0. The van der Waals surface area contributed by atoms with E-state index >= 15 is 0 Å². The summed E-state index contributed by atoms with van der Waals surface area (Å²) in [6.45, 7) is 1.54. The first-order chi connectivity index (χ1) is 7.58. The maximum absolute atomic E-state index is 10.6. The molecular weight excluding hydrogens is 244 g/mol. The predicted molar refractivity (Wildman–Crippen MR) is 67.8 cm³/mol. The smallest absolute Gasteiger partial charge is 0.308 e. The van der Waals surface area contributed by atoms with Gasteiger partial charge in [0.25, 0.3) is 0 Å². The molecule has 1 heterocycles. The molecule has 86 valence electrons. The molecule has 0 bridgehead atoms. The van der Waals surface area contributed by atoms with Crippen LogP contribution in [0.1, 0.15) is 17.4 Å². The lowest BCUT2D eigenvalue weighted by molar-refractivity contribution is -0.136. The maximum Gasteiger partial charge on any atom is 0.308 e. The van der Waals surface area contributed by atoms with Crippen LogP contribution in [-0.4, -0.2) is 21.9 Å². The molecule has 0 aromatic carbocycles. The Bertz CT molecular complexity index is 407. The van der Waals surface area contributed by atoms with Crippen LogP contribution < -0.4 is 0 Å². The third kappa shape index (κ3) is 5.14. The molecule has 0 amide bonds. The molecule has 0 saturated heterocycles. The normalized spacial score (nSPS) is 10.8. The Labute approximate surface area is 102 Å². The third-order valence-electron chi connectivity index (χ3n) is 1.69. The largest absolute Gasteiger partial charge is 0.481 e. The predicted octanol–water partition coefficient (Wildman–Crippen LogP) is 2.67. The monoisotopic (exact) mass is 256 g/mol. The minimum atomic E-state index is -0.815. The molecule has 0 atom stereocenters. The van der Waals surface area contributed by atoms with Crippen molar-refractivity contribution in [2.24, 2.45) is 0 Å². The van der Waals surface area contributed by atoms with Gasteiger partial charge in [-0.05, 0) is 17.0 Å². The zero-order valence-corrected chi connectivity index (χ0v) is 10.4. The molecule has 0 fully saturated rings. The number of hydrogen-bond acceptors (Lipinski definition) is 4. The summed E-state index contributed by atoms with van der Waals surface area (Å²) in [5.74, 6) is -0.163. The van der Waals surface area contributed by atoms with E-state index < -0.39 is 5.97 Å². The number of hydrogen-bond donors (Lipinski definition) is 1. The molecule has 0 aliphatic rings. The van der Waals surface area contributed by atoms with Gasteiger partial charge in [-0.1, -0.05) is 23.9 Å². The number of thiophene rings is 1. The van der Waals surface area contributed by atoms with Crippen LogP contribution in [0.2, 0.25) is 0 Å². The van der Waals surface area contributed by atoms with Crippen LogP contribution in [0.4, 0.5) is 0 Å².